The number of thiocarbonyl (C=S) groups is 1. The van der Waals surface area contributed by atoms with Crippen molar-refractivity contribution in [3.05, 3.63) is 12.2 Å². The van der Waals surface area contributed by atoms with Crippen molar-refractivity contribution in [1.82, 2.24) is 0 Å². The summed E-state index contributed by atoms with van der Waals surface area (Å²) in [5.74, 6) is 3.17. The van der Waals surface area contributed by atoms with E-state index in [-0.39, 0.29) is 46.4 Å². The number of aliphatic hydroxyl groups excluding tert-OH is 2. The van der Waals surface area contributed by atoms with Gasteiger partial charge >= 0.3 is 29.6 Å². The van der Waals surface area contributed by atoms with E-state index in [2.05, 4.69) is 18.1 Å². The van der Waals surface area contributed by atoms with Gasteiger partial charge in [-0.15, -0.1) is 18.6 Å². The maximum atomic E-state index is 11.0. The van der Waals surface area contributed by atoms with E-state index in [4.69, 9.17) is 11.4 Å². The Labute approximate surface area is 196 Å². The van der Waals surface area contributed by atoms with Crippen LogP contribution in [-0.2, 0) is 0 Å². The molecular weight excluding hydrogens is 381 g/mol. The van der Waals surface area contributed by atoms with Crippen molar-refractivity contribution in [3.8, 4) is 12.3 Å². The van der Waals surface area contributed by atoms with Crippen molar-refractivity contribution in [2.45, 2.75) is 82.0 Å². The topological polar surface area (TPSA) is 75.9 Å². The first-order valence-corrected chi connectivity index (χ1v) is 10.7. The fourth-order valence-corrected chi connectivity index (χ4v) is 5.28. The SMILES string of the molecule is C#CC12CC(O)C(C=C[C@@H](O)C3CCCCC3)C1CC(CCCC([O-])=S)=N2.[Na+]. The van der Waals surface area contributed by atoms with Gasteiger partial charge in [0.15, 0.2) is 0 Å². The molecule has 0 spiro atoms. The minimum atomic E-state index is -0.641. The van der Waals surface area contributed by atoms with Crippen LogP contribution in [0.1, 0.15) is 64.2 Å². The molecule has 0 aromatic carbocycles. The summed E-state index contributed by atoms with van der Waals surface area (Å²) < 4.78 is 0. The molecule has 2 N–H and O–H groups in total. The first-order valence-electron chi connectivity index (χ1n) is 10.2. The Morgan fingerprint density at radius 1 is 1.39 bits per heavy atom. The molecule has 2 fully saturated rings. The summed E-state index contributed by atoms with van der Waals surface area (Å²) in [4.78, 5) is 4.79. The average Bonchev–Trinajstić information content (AvgIpc) is 3.12. The molecular formula is C22H30NNaO3S. The Balaban J connectivity index is 0.00000280. The predicted molar refractivity (Wildman–Crippen MR) is 109 cm³/mol. The van der Waals surface area contributed by atoms with Crippen LogP contribution in [0.2, 0.25) is 0 Å². The van der Waals surface area contributed by atoms with Gasteiger partial charge < -0.3 is 15.3 Å². The summed E-state index contributed by atoms with van der Waals surface area (Å²) in [5.41, 5.74) is 0.393. The number of hydrogen-bond acceptors (Lipinski definition) is 5. The monoisotopic (exact) mass is 411 g/mol. The van der Waals surface area contributed by atoms with Crippen LogP contribution in [0.5, 0.6) is 0 Å². The molecule has 0 aromatic heterocycles. The van der Waals surface area contributed by atoms with Gasteiger partial charge in [0.1, 0.15) is 5.54 Å². The molecule has 0 aromatic rings. The average molecular weight is 412 g/mol. The number of rotatable bonds is 7. The number of nitrogens with zero attached hydrogens (tertiary/aromatic N) is 1. The first kappa shape index (κ1) is 24.1. The molecule has 5 atom stereocenters. The predicted octanol–water partition coefficient (Wildman–Crippen LogP) is -0.440. The second-order valence-corrected chi connectivity index (χ2v) is 8.86. The van der Waals surface area contributed by atoms with Crippen molar-refractivity contribution in [2.24, 2.45) is 22.7 Å². The summed E-state index contributed by atoms with van der Waals surface area (Å²) in [6.07, 6.45) is 17.6. The number of terminal acetylenes is 1. The summed E-state index contributed by atoms with van der Waals surface area (Å²) in [6, 6.07) is 0. The molecule has 2 aliphatic carbocycles. The second-order valence-electron chi connectivity index (χ2n) is 8.41. The van der Waals surface area contributed by atoms with Gasteiger partial charge in [0.2, 0.25) is 0 Å². The van der Waals surface area contributed by atoms with Gasteiger partial charge in [-0.1, -0.05) is 42.4 Å². The molecule has 4 unspecified atom stereocenters. The van der Waals surface area contributed by atoms with Gasteiger partial charge in [-0.05, 0) is 44.4 Å². The van der Waals surface area contributed by atoms with Crippen LogP contribution in [0.3, 0.4) is 0 Å². The number of aliphatic hydroxyl groups is 2. The van der Waals surface area contributed by atoms with E-state index in [0.717, 1.165) is 31.4 Å². The van der Waals surface area contributed by atoms with Crippen LogP contribution >= 0.6 is 12.2 Å². The van der Waals surface area contributed by atoms with Gasteiger partial charge in [0.05, 0.1) is 12.2 Å². The zero-order valence-electron chi connectivity index (χ0n) is 16.8. The third-order valence-electron chi connectivity index (χ3n) is 6.62. The molecule has 28 heavy (non-hydrogen) atoms. The number of aliphatic imine (C=N–C) groups is 1. The van der Waals surface area contributed by atoms with Crippen molar-refractivity contribution < 1.29 is 44.9 Å². The minimum absolute atomic E-state index is 0. The van der Waals surface area contributed by atoms with Crippen molar-refractivity contribution >= 4 is 23.0 Å². The van der Waals surface area contributed by atoms with E-state index >= 15 is 0 Å². The molecule has 4 nitrogen and oxygen atoms in total. The van der Waals surface area contributed by atoms with E-state index in [0.29, 0.717) is 25.2 Å². The Hall–Kier alpha value is -0.220. The van der Waals surface area contributed by atoms with Gasteiger partial charge in [-0.2, -0.15) is 0 Å². The first-order chi connectivity index (χ1) is 12.9. The van der Waals surface area contributed by atoms with Crippen LogP contribution in [0.4, 0.5) is 0 Å². The van der Waals surface area contributed by atoms with E-state index in [1.54, 1.807) is 0 Å². The third kappa shape index (κ3) is 5.47. The summed E-state index contributed by atoms with van der Waals surface area (Å²) in [6.45, 7) is 0. The Morgan fingerprint density at radius 3 is 2.75 bits per heavy atom. The van der Waals surface area contributed by atoms with E-state index < -0.39 is 17.7 Å². The number of fused-ring (bicyclic) bond motifs is 1. The molecule has 0 saturated heterocycles. The molecule has 148 valence electrons. The van der Waals surface area contributed by atoms with Gasteiger partial charge in [0.25, 0.3) is 0 Å². The zero-order chi connectivity index (χ0) is 19.4. The zero-order valence-corrected chi connectivity index (χ0v) is 19.7. The molecule has 1 heterocycles. The fourth-order valence-electron chi connectivity index (χ4n) is 5.14. The Morgan fingerprint density at radius 2 is 2.11 bits per heavy atom. The second kappa shape index (κ2) is 10.7. The van der Waals surface area contributed by atoms with Gasteiger partial charge in [0, 0.05) is 24.0 Å². The quantitative estimate of drug-likeness (QED) is 0.258. The van der Waals surface area contributed by atoms with Crippen LogP contribution in [-0.4, -0.2) is 38.7 Å². The van der Waals surface area contributed by atoms with Crippen LogP contribution in [0.15, 0.2) is 17.1 Å². The minimum Gasteiger partial charge on any atom is -0.867 e. The molecule has 2 saturated carbocycles. The normalized spacial score (nSPS) is 33.8. The molecule has 0 amide bonds. The number of hydrogen-bond donors (Lipinski definition) is 2. The van der Waals surface area contributed by atoms with Crippen LogP contribution in [0.25, 0.3) is 0 Å². The Bertz CT molecular complexity index is 653. The molecule has 3 aliphatic rings. The van der Waals surface area contributed by atoms with Gasteiger partial charge in [-0.25, -0.2) is 0 Å². The van der Waals surface area contributed by atoms with E-state index in [1.807, 2.05) is 12.2 Å². The van der Waals surface area contributed by atoms with Crippen LogP contribution in [0, 0.1) is 30.1 Å². The fraction of sp³-hybridized carbons (Fsp3) is 0.727. The van der Waals surface area contributed by atoms with E-state index in [9.17, 15) is 15.3 Å². The molecule has 0 radical (unpaired) electrons. The molecule has 6 heteroatoms. The Kier molecular flexibility index (Phi) is 9.19. The van der Waals surface area contributed by atoms with Crippen LogP contribution < -0.4 is 34.7 Å². The smallest absolute Gasteiger partial charge is 0.867 e. The summed E-state index contributed by atoms with van der Waals surface area (Å²) in [5, 5.41) is 31.9. The van der Waals surface area contributed by atoms with Crippen molar-refractivity contribution in [1.29, 1.82) is 0 Å². The third-order valence-corrected chi connectivity index (χ3v) is 6.82. The largest absolute Gasteiger partial charge is 1.00 e. The standard InChI is InChI=1S/C22H31NO3S.Na/c1-2-22-14-20(25)17(11-12-19(24)15-7-4-3-5-8-15)18(22)13-16(23-22)9-6-10-21(26)27;/h1,11-12,15,17-20,24-25H,3-10,13-14H2,(H,26,27);/q;+1/p-1/t17?,18?,19-,20?,22?;/m1./s1. The summed E-state index contributed by atoms with van der Waals surface area (Å²) >= 11 is 4.61. The van der Waals surface area contributed by atoms with E-state index in [1.165, 1.54) is 19.3 Å². The molecule has 0 bridgehead atoms. The van der Waals surface area contributed by atoms with Gasteiger partial charge in [-0.3, -0.25) is 4.99 Å². The van der Waals surface area contributed by atoms with Crippen molar-refractivity contribution in [3.63, 3.8) is 0 Å². The van der Waals surface area contributed by atoms with Crippen molar-refractivity contribution in [2.75, 3.05) is 0 Å². The maximum absolute atomic E-state index is 11.0. The molecule has 1 aliphatic heterocycles. The maximum Gasteiger partial charge on any atom is 1.00 e. The molecule has 3 rings (SSSR count). The summed E-state index contributed by atoms with van der Waals surface area (Å²) in [7, 11) is 0.